The van der Waals surface area contributed by atoms with Crippen LogP contribution in [0.15, 0.2) is 66.5 Å². The molecule has 6 atom stereocenters. The van der Waals surface area contributed by atoms with Gasteiger partial charge in [-0.05, 0) is 95.6 Å². The first-order valence-corrected chi connectivity index (χ1v) is 23.1. The predicted octanol–water partition coefficient (Wildman–Crippen LogP) is 9.99. The Hall–Kier alpha value is -2.82. The van der Waals surface area contributed by atoms with Crippen LogP contribution in [0.25, 0.3) is 0 Å². The summed E-state index contributed by atoms with van der Waals surface area (Å²) in [7, 11) is 0. The average molecular weight is 831 g/mol. The maximum absolute atomic E-state index is 12.8. The Bertz CT molecular complexity index is 1200. The largest absolute Gasteiger partial charge is 0.462 e. The topological polar surface area (TPSA) is 152 Å². The van der Waals surface area contributed by atoms with Crippen molar-refractivity contribution < 1.29 is 49.0 Å². The summed E-state index contributed by atoms with van der Waals surface area (Å²) in [5.41, 5.74) is 3.29. The average Bonchev–Trinajstić information content (AvgIpc) is 3.23. The zero-order chi connectivity index (χ0) is 43.0. The van der Waals surface area contributed by atoms with Gasteiger partial charge in [-0.2, -0.15) is 0 Å². The van der Waals surface area contributed by atoms with Crippen molar-refractivity contribution in [1.29, 1.82) is 0 Å². The molecule has 0 amide bonds. The van der Waals surface area contributed by atoms with Crippen LogP contribution in [0.4, 0.5) is 0 Å². The summed E-state index contributed by atoms with van der Waals surface area (Å²) in [6.45, 7) is 3.32. The zero-order valence-corrected chi connectivity index (χ0v) is 36.8. The fourth-order valence-corrected chi connectivity index (χ4v) is 6.44. The van der Waals surface area contributed by atoms with Gasteiger partial charge >= 0.3 is 11.9 Å². The lowest BCUT2D eigenvalue weighted by atomic mass is 9.99. The van der Waals surface area contributed by atoms with Crippen molar-refractivity contribution in [2.24, 2.45) is 0 Å². The van der Waals surface area contributed by atoms with Crippen molar-refractivity contribution in [2.45, 2.75) is 211 Å². The monoisotopic (exact) mass is 831 g/mol. The Morgan fingerprint density at radius 2 is 1.05 bits per heavy atom. The van der Waals surface area contributed by atoms with Crippen LogP contribution in [0.2, 0.25) is 0 Å². The summed E-state index contributed by atoms with van der Waals surface area (Å²) < 4.78 is 22.1. The molecular weight excluding hydrogens is 749 g/mol. The van der Waals surface area contributed by atoms with Gasteiger partial charge < -0.3 is 39.4 Å². The molecule has 0 aromatic carbocycles. The number of allylic oxidation sites excluding steroid dienone is 9. The van der Waals surface area contributed by atoms with Crippen LogP contribution < -0.4 is 0 Å². The highest BCUT2D eigenvalue weighted by Gasteiger charge is 2.44. The molecule has 1 heterocycles. The molecule has 1 rings (SSSR count). The molecule has 10 heteroatoms. The van der Waals surface area contributed by atoms with Gasteiger partial charge in [0.1, 0.15) is 31.0 Å². The number of carbonyl (C=O) groups excluding carboxylic acids is 2. The number of hydrogen-bond donors (Lipinski definition) is 4. The van der Waals surface area contributed by atoms with Crippen LogP contribution in [-0.2, 0) is 28.5 Å². The molecule has 0 aliphatic carbocycles. The van der Waals surface area contributed by atoms with Crippen molar-refractivity contribution in [2.75, 3.05) is 19.8 Å². The summed E-state index contributed by atoms with van der Waals surface area (Å²) in [5, 5.41) is 40.1. The van der Waals surface area contributed by atoms with E-state index in [4.69, 9.17) is 18.9 Å². The van der Waals surface area contributed by atoms with E-state index in [1.165, 1.54) is 57.8 Å². The fraction of sp³-hybridized carbons (Fsp3) is 0.735. The van der Waals surface area contributed by atoms with Crippen molar-refractivity contribution in [3.05, 3.63) is 66.5 Å². The van der Waals surface area contributed by atoms with Crippen molar-refractivity contribution in [3.8, 4) is 0 Å². The summed E-state index contributed by atoms with van der Waals surface area (Å²) >= 11 is 0. The van der Waals surface area contributed by atoms with Gasteiger partial charge in [-0.15, -0.1) is 5.73 Å². The number of ether oxygens (including phenoxy) is 4. The highest BCUT2D eigenvalue weighted by atomic mass is 16.7. The number of carbonyl (C=O) groups is 2. The van der Waals surface area contributed by atoms with Crippen LogP contribution in [-0.4, -0.2) is 89.0 Å². The van der Waals surface area contributed by atoms with E-state index in [0.717, 1.165) is 77.0 Å². The minimum Gasteiger partial charge on any atom is -0.462 e. The fourth-order valence-electron chi connectivity index (χ4n) is 6.44. The highest BCUT2D eigenvalue weighted by molar-refractivity contribution is 5.70. The number of esters is 2. The van der Waals surface area contributed by atoms with Crippen LogP contribution in [0, 0.1) is 0 Å². The SMILES string of the molecule is CCCCC/C=C/C/C=C/C/C=C/C/C=C/CCCCCC(=O)O[C@H](COC(=O)CCCCCCCC=C=CCCCCCCC)CO[C@@H]1O[C@H](CO)[C@H](O)C(O)C1O. The second-order valence-corrected chi connectivity index (χ2v) is 15.6. The third kappa shape index (κ3) is 30.8. The molecule has 0 saturated carbocycles. The summed E-state index contributed by atoms with van der Waals surface area (Å²) in [6, 6.07) is 0. The molecule has 4 N–H and O–H groups in total. The zero-order valence-electron chi connectivity index (χ0n) is 36.8. The first-order chi connectivity index (χ1) is 28.8. The van der Waals surface area contributed by atoms with Crippen molar-refractivity contribution in [1.82, 2.24) is 0 Å². The first kappa shape index (κ1) is 54.2. The minimum absolute atomic E-state index is 0.185. The van der Waals surface area contributed by atoms with Crippen LogP contribution >= 0.6 is 0 Å². The van der Waals surface area contributed by atoms with E-state index in [0.29, 0.717) is 12.8 Å². The van der Waals surface area contributed by atoms with E-state index >= 15 is 0 Å². The Labute approximate surface area is 357 Å². The summed E-state index contributed by atoms with van der Waals surface area (Å²) in [4.78, 5) is 25.3. The van der Waals surface area contributed by atoms with E-state index in [-0.39, 0.29) is 26.1 Å². The third-order valence-electron chi connectivity index (χ3n) is 10.1. The third-order valence-corrected chi connectivity index (χ3v) is 10.1. The maximum atomic E-state index is 12.8. The summed E-state index contributed by atoms with van der Waals surface area (Å²) in [6.07, 6.45) is 38.6. The molecule has 0 spiro atoms. The van der Waals surface area contributed by atoms with E-state index in [1.54, 1.807) is 0 Å². The lowest BCUT2D eigenvalue weighted by Crippen LogP contribution is -2.59. The quantitative estimate of drug-likeness (QED) is 0.0206. The van der Waals surface area contributed by atoms with E-state index < -0.39 is 55.4 Å². The van der Waals surface area contributed by atoms with Gasteiger partial charge in [-0.3, -0.25) is 9.59 Å². The van der Waals surface area contributed by atoms with Gasteiger partial charge in [-0.25, -0.2) is 0 Å². The van der Waals surface area contributed by atoms with Crippen LogP contribution in [0.1, 0.15) is 174 Å². The second kappa shape index (κ2) is 39.3. The van der Waals surface area contributed by atoms with E-state index in [2.05, 4.69) is 80.3 Å². The minimum atomic E-state index is -1.61. The standard InChI is InChI=1S/C49H82O10/c1-3-5-7-9-11-13-15-17-19-20-21-22-24-26-28-30-32-34-36-38-45(52)58-42(41-57-49-48(55)47(54)46(53)43(39-50)59-49)40-56-44(51)37-35-33-31-29-27-25-23-18-16-14-12-10-8-6-4-2/h11,13,16-17,19,21-23,26,28,42-43,46-50,53-55H,3-10,12,14-15,20,24-25,27,29-41H2,1-2H3/b13-11+,19-17+,22-21+,28-26+/t18?,42-,43-,46+,47?,48?,49-/m1/s1. The Morgan fingerprint density at radius 3 is 1.64 bits per heavy atom. The molecule has 0 aromatic rings. The highest BCUT2D eigenvalue weighted by Crippen LogP contribution is 2.22. The smallest absolute Gasteiger partial charge is 0.306 e. The molecule has 0 bridgehead atoms. The van der Waals surface area contributed by atoms with Crippen molar-refractivity contribution >= 4 is 11.9 Å². The Morgan fingerprint density at radius 1 is 0.576 bits per heavy atom. The maximum Gasteiger partial charge on any atom is 0.306 e. The first-order valence-electron chi connectivity index (χ1n) is 23.1. The molecule has 1 fully saturated rings. The van der Waals surface area contributed by atoms with Crippen LogP contribution in [0.3, 0.4) is 0 Å². The Kier molecular flexibility index (Phi) is 36.1. The van der Waals surface area contributed by atoms with Gasteiger partial charge in [0.15, 0.2) is 12.4 Å². The van der Waals surface area contributed by atoms with Gasteiger partial charge in [-0.1, -0.05) is 127 Å². The number of hydrogen-bond acceptors (Lipinski definition) is 10. The van der Waals surface area contributed by atoms with Gasteiger partial charge in [0.25, 0.3) is 0 Å². The molecule has 0 radical (unpaired) electrons. The normalized spacial score (nSPS) is 20.1. The lowest BCUT2D eigenvalue weighted by molar-refractivity contribution is -0.305. The Balaban J connectivity index is 2.38. The van der Waals surface area contributed by atoms with E-state index in [1.807, 2.05) is 0 Å². The van der Waals surface area contributed by atoms with E-state index in [9.17, 15) is 30.0 Å². The molecule has 0 aromatic heterocycles. The number of aliphatic hydroxyl groups is 4. The number of unbranched alkanes of at least 4 members (excludes halogenated alkanes) is 16. The molecule has 59 heavy (non-hydrogen) atoms. The number of aliphatic hydroxyl groups excluding tert-OH is 4. The molecule has 338 valence electrons. The predicted molar refractivity (Wildman–Crippen MR) is 237 cm³/mol. The van der Waals surface area contributed by atoms with Gasteiger partial charge in [0.2, 0.25) is 0 Å². The van der Waals surface area contributed by atoms with Crippen molar-refractivity contribution in [3.63, 3.8) is 0 Å². The molecule has 2 unspecified atom stereocenters. The van der Waals surface area contributed by atoms with Gasteiger partial charge in [0, 0.05) is 12.8 Å². The molecule has 1 aliphatic heterocycles. The van der Waals surface area contributed by atoms with Gasteiger partial charge in [0.05, 0.1) is 13.2 Å². The lowest BCUT2D eigenvalue weighted by Gasteiger charge is -2.39. The molecule has 1 saturated heterocycles. The van der Waals surface area contributed by atoms with Crippen LogP contribution in [0.5, 0.6) is 0 Å². The number of rotatable bonds is 37. The second-order valence-electron chi connectivity index (χ2n) is 15.6. The summed E-state index contributed by atoms with van der Waals surface area (Å²) in [5.74, 6) is -0.868. The molecule has 10 nitrogen and oxygen atoms in total. The molecule has 1 aliphatic rings. The molecular formula is C49H82O10.